The monoisotopic (exact) mass is 433 g/mol. The number of likely N-dealkylation sites (tertiary alicyclic amines) is 1. The first-order valence-corrected chi connectivity index (χ1v) is 11.3. The number of thiazole rings is 1. The Morgan fingerprint density at radius 1 is 1.10 bits per heavy atom. The van der Waals surface area contributed by atoms with E-state index in [4.69, 9.17) is 0 Å². The Morgan fingerprint density at radius 3 is 2.74 bits per heavy atom. The zero-order chi connectivity index (χ0) is 21.4. The number of anilines is 1. The molecule has 2 aliphatic heterocycles. The van der Waals surface area contributed by atoms with E-state index in [1.165, 1.54) is 22.5 Å². The zero-order valence-electron chi connectivity index (χ0n) is 17.0. The highest BCUT2D eigenvalue weighted by Gasteiger charge is 2.32. The lowest BCUT2D eigenvalue weighted by molar-refractivity contribution is -0.142. The highest BCUT2D eigenvalue weighted by molar-refractivity contribution is 7.13. The molecule has 0 aliphatic carbocycles. The number of carboxylic acids is 1. The predicted molar refractivity (Wildman–Crippen MR) is 120 cm³/mol. The highest BCUT2D eigenvalue weighted by atomic mass is 32.1. The molecule has 31 heavy (non-hydrogen) atoms. The minimum atomic E-state index is -0.777. The van der Waals surface area contributed by atoms with Gasteiger partial charge in [0.1, 0.15) is 6.04 Å². The Kier molecular flexibility index (Phi) is 5.29. The van der Waals surface area contributed by atoms with Crippen molar-refractivity contribution in [2.75, 3.05) is 18.0 Å². The molecule has 1 fully saturated rings. The van der Waals surface area contributed by atoms with Crippen LogP contribution in [0.25, 0.3) is 11.1 Å². The van der Waals surface area contributed by atoms with Crippen LogP contribution < -0.4 is 4.90 Å². The van der Waals surface area contributed by atoms with Crippen molar-refractivity contribution in [3.05, 3.63) is 70.2 Å². The summed E-state index contributed by atoms with van der Waals surface area (Å²) in [6.07, 6.45) is 4.09. The molecule has 1 saturated heterocycles. The van der Waals surface area contributed by atoms with E-state index in [1.807, 2.05) is 40.1 Å². The van der Waals surface area contributed by atoms with Gasteiger partial charge in [-0.25, -0.2) is 4.98 Å². The first-order valence-electron chi connectivity index (χ1n) is 10.5. The fourth-order valence-corrected chi connectivity index (χ4v) is 5.51. The summed E-state index contributed by atoms with van der Waals surface area (Å²) in [7, 11) is 0. The van der Waals surface area contributed by atoms with E-state index in [2.05, 4.69) is 23.2 Å². The highest BCUT2D eigenvalue weighted by Crippen LogP contribution is 2.37. The molecule has 0 saturated carbocycles. The molecule has 0 unspecified atom stereocenters. The molecule has 3 heterocycles. The lowest BCUT2D eigenvalue weighted by Crippen LogP contribution is -2.35. The lowest BCUT2D eigenvalue weighted by atomic mass is 9.98. The predicted octanol–water partition coefficient (Wildman–Crippen LogP) is 4.06. The number of rotatable bonds is 5. The van der Waals surface area contributed by atoms with Crippen LogP contribution in [0, 0.1) is 0 Å². The number of carboxylic acid groups (broad SMARTS) is 1. The Hall–Kier alpha value is -3.03. The van der Waals surface area contributed by atoms with Crippen LogP contribution >= 0.6 is 11.3 Å². The quantitative estimate of drug-likeness (QED) is 0.657. The average Bonchev–Trinajstić information content (AvgIpc) is 3.53. The SMILES string of the molecule is O=C(O)[C@H]1CCCN1Cc1cnc(C(=O)N2CCc3c(-c4ccccc4)cccc32)s1. The first kappa shape index (κ1) is 19.9. The standard InChI is InChI=1S/C24H23N3O3S/c28-23(22-25-14-17(31-22)15-26-12-5-10-21(26)24(29)30)27-13-11-19-18(8-4-9-20(19)27)16-6-2-1-3-7-16/h1-4,6-9,14,21H,5,10-13,15H2,(H,29,30)/t21-/m1/s1. The smallest absolute Gasteiger partial charge is 0.320 e. The average molecular weight is 434 g/mol. The molecule has 1 amide bonds. The van der Waals surface area contributed by atoms with Crippen molar-refractivity contribution in [1.82, 2.24) is 9.88 Å². The molecule has 1 atom stereocenters. The van der Waals surface area contributed by atoms with Crippen molar-refractivity contribution in [1.29, 1.82) is 0 Å². The lowest BCUT2D eigenvalue weighted by Gasteiger charge is -2.19. The van der Waals surface area contributed by atoms with Crippen LogP contribution in [0.3, 0.4) is 0 Å². The first-order chi connectivity index (χ1) is 15.1. The summed E-state index contributed by atoms with van der Waals surface area (Å²) in [5.74, 6) is -0.863. The van der Waals surface area contributed by atoms with Gasteiger partial charge in [-0.3, -0.25) is 14.5 Å². The molecule has 158 valence electrons. The fourth-order valence-electron chi connectivity index (χ4n) is 4.62. The van der Waals surface area contributed by atoms with Gasteiger partial charge in [-0.1, -0.05) is 42.5 Å². The molecule has 1 aromatic heterocycles. The maximum atomic E-state index is 13.2. The van der Waals surface area contributed by atoms with Crippen LogP contribution in [0.15, 0.2) is 54.7 Å². The number of nitrogens with zero attached hydrogens (tertiary/aromatic N) is 3. The molecule has 0 bridgehead atoms. The van der Waals surface area contributed by atoms with Gasteiger partial charge in [0.05, 0.1) is 0 Å². The van der Waals surface area contributed by atoms with Crippen molar-refractivity contribution in [2.24, 2.45) is 0 Å². The summed E-state index contributed by atoms with van der Waals surface area (Å²) < 4.78 is 0. The Morgan fingerprint density at radius 2 is 1.94 bits per heavy atom. The second-order valence-corrected chi connectivity index (χ2v) is 9.09. The Balaban J connectivity index is 1.36. The Labute approximate surface area is 184 Å². The number of aliphatic carboxylic acids is 1. The normalized spacial score (nSPS) is 18.3. The van der Waals surface area contributed by atoms with Crippen LogP contribution in [0.5, 0.6) is 0 Å². The van der Waals surface area contributed by atoms with Crippen LogP contribution in [0.4, 0.5) is 5.69 Å². The van der Waals surface area contributed by atoms with E-state index in [-0.39, 0.29) is 5.91 Å². The van der Waals surface area contributed by atoms with Crippen LogP contribution in [-0.4, -0.2) is 46.0 Å². The van der Waals surface area contributed by atoms with E-state index >= 15 is 0 Å². The number of hydrogen-bond donors (Lipinski definition) is 1. The molecule has 1 N–H and O–H groups in total. The third-order valence-corrected chi connectivity index (χ3v) is 7.07. The van der Waals surface area contributed by atoms with Gasteiger partial charge in [0.25, 0.3) is 5.91 Å². The number of aromatic nitrogens is 1. The van der Waals surface area contributed by atoms with E-state index in [9.17, 15) is 14.7 Å². The second kappa shape index (κ2) is 8.24. The van der Waals surface area contributed by atoms with Gasteiger partial charge >= 0.3 is 5.97 Å². The summed E-state index contributed by atoms with van der Waals surface area (Å²) >= 11 is 1.37. The van der Waals surface area contributed by atoms with E-state index in [1.54, 1.807) is 6.20 Å². The van der Waals surface area contributed by atoms with Crippen LogP contribution in [0.2, 0.25) is 0 Å². The van der Waals surface area contributed by atoms with Crippen molar-refractivity contribution >= 4 is 28.9 Å². The van der Waals surface area contributed by atoms with Crippen molar-refractivity contribution in [3.63, 3.8) is 0 Å². The summed E-state index contributed by atoms with van der Waals surface area (Å²) in [5.41, 5.74) is 4.47. The number of hydrogen-bond acceptors (Lipinski definition) is 5. The summed E-state index contributed by atoms with van der Waals surface area (Å²) in [6.45, 7) is 1.93. The third-order valence-electron chi connectivity index (χ3n) is 6.10. The molecule has 0 spiro atoms. The number of fused-ring (bicyclic) bond motifs is 1. The number of amides is 1. The molecule has 2 aliphatic rings. The minimum Gasteiger partial charge on any atom is -0.480 e. The summed E-state index contributed by atoms with van der Waals surface area (Å²) in [6, 6.07) is 15.9. The van der Waals surface area contributed by atoms with Crippen molar-refractivity contribution in [2.45, 2.75) is 31.8 Å². The maximum Gasteiger partial charge on any atom is 0.320 e. The number of carbonyl (C=O) groups excluding carboxylic acids is 1. The number of carbonyl (C=O) groups is 2. The van der Waals surface area contributed by atoms with Crippen molar-refractivity contribution in [3.8, 4) is 11.1 Å². The van der Waals surface area contributed by atoms with Gasteiger partial charge in [-0.15, -0.1) is 11.3 Å². The zero-order valence-corrected chi connectivity index (χ0v) is 17.8. The summed E-state index contributed by atoms with van der Waals surface area (Å²) in [5, 5.41) is 9.84. The van der Waals surface area contributed by atoms with Crippen LogP contribution in [-0.2, 0) is 17.8 Å². The number of benzene rings is 2. The maximum absolute atomic E-state index is 13.2. The molecule has 6 nitrogen and oxygen atoms in total. The van der Waals surface area contributed by atoms with Gasteiger partial charge in [0.2, 0.25) is 0 Å². The largest absolute Gasteiger partial charge is 0.480 e. The molecular formula is C24H23N3O3S. The van der Waals surface area contributed by atoms with E-state index in [0.29, 0.717) is 24.5 Å². The van der Waals surface area contributed by atoms with Crippen molar-refractivity contribution < 1.29 is 14.7 Å². The molecule has 0 radical (unpaired) electrons. The van der Waals surface area contributed by atoms with Gasteiger partial charge in [-0.2, -0.15) is 0 Å². The van der Waals surface area contributed by atoms with Gasteiger partial charge in [0, 0.05) is 29.9 Å². The van der Waals surface area contributed by atoms with E-state index < -0.39 is 12.0 Å². The molecule has 5 rings (SSSR count). The minimum absolute atomic E-state index is 0.0866. The Bertz CT molecular complexity index is 1130. The molecule has 3 aromatic rings. The molecule has 2 aromatic carbocycles. The second-order valence-electron chi connectivity index (χ2n) is 7.97. The topological polar surface area (TPSA) is 73.7 Å². The van der Waals surface area contributed by atoms with E-state index in [0.717, 1.165) is 35.5 Å². The van der Waals surface area contributed by atoms with Gasteiger partial charge in [-0.05, 0) is 48.6 Å². The van der Waals surface area contributed by atoms with Crippen LogP contribution in [0.1, 0.15) is 33.1 Å². The molecule has 7 heteroatoms. The van der Waals surface area contributed by atoms with Gasteiger partial charge < -0.3 is 10.0 Å². The fraction of sp³-hybridized carbons (Fsp3) is 0.292. The summed E-state index contributed by atoms with van der Waals surface area (Å²) in [4.78, 5) is 33.8. The van der Waals surface area contributed by atoms with Gasteiger partial charge in [0.15, 0.2) is 5.01 Å². The third kappa shape index (κ3) is 3.75. The molecular weight excluding hydrogens is 410 g/mol.